The van der Waals surface area contributed by atoms with Crippen molar-refractivity contribution in [1.82, 2.24) is 4.90 Å². The van der Waals surface area contributed by atoms with E-state index in [1.807, 2.05) is 0 Å². The lowest BCUT2D eigenvalue weighted by Gasteiger charge is -2.15. The molecule has 0 aromatic heterocycles. The summed E-state index contributed by atoms with van der Waals surface area (Å²) >= 11 is 0. The van der Waals surface area contributed by atoms with E-state index < -0.39 is 0 Å². The Morgan fingerprint density at radius 2 is 2.27 bits per heavy atom. The summed E-state index contributed by atoms with van der Waals surface area (Å²) in [6, 6.07) is 0. The smallest absolute Gasteiger partial charge is 0.191 e. The van der Waals surface area contributed by atoms with Crippen LogP contribution in [0, 0.1) is 5.92 Å². The van der Waals surface area contributed by atoms with Crippen molar-refractivity contribution in [3.8, 4) is 0 Å². The molecule has 0 spiro atoms. The van der Waals surface area contributed by atoms with Gasteiger partial charge in [0.25, 0.3) is 0 Å². The maximum absolute atomic E-state index is 5.63. The number of hydrogen-bond acceptors (Lipinski definition) is 3. The van der Waals surface area contributed by atoms with Crippen LogP contribution in [0.3, 0.4) is 0 Å². The Morgan fingerprint density at radius 1 is 1.55 bits per heavy atom. The van der Waals surface area contributed by atoms with Crippen LogP contribution in [0.2, 0.25) is 0 Å². The molecule has 0 bridgehead atoms. The molecule has 1 saturated carbocycles. The lowest BCUT2D eigenvalue weighted by atomic mass is 10.4. The van der Waals surface area contributed by atoms with Gasteiger partial charge in [-0.2, -0.15) is 0 Å². The van der Waals surface area contributed by atoms with Gasteiger partial charge in [-0.3, -0.25) is 4.99 Å². The molecule has 11 heavy (non-hydrogen) atoms. The highest BCUT2D eigenvalue weighted by Crippen LogP contribution is 2.29. The molecular formula is C7H14BrN3. The van der Waals surface area contributed by atoms with Gasteiger partial charge >= 0.3 is 0 Å². The van der Waals surface area contributed by atoms with E-state index in [-0.39, 0.29) is 17.0 Å². The lowest BCUT2D eigenvalue weighted by molar-refractivity contribution is 0.430. The van der Waals surface area contributed by atoms with E-state index in [1.165, 1.54) is 12.8 Å². The number of guanidine groups is 1. The molecule has 64 valence electrons. The Hall–Kier alpha value is -0.250. The largest absolute Gasteiger partial charge is 0.370 e. The van der Waals surface area contributed by atoms with E-state index >= 15 is 0 Å². The molecule has 2 N–H and O–H groups in total. The number of hydrogen-bond donors (Lipinski definition) is 1. The number of nitrogens with two attached hydrogens (primary N) is 1. The highest BCUT2D eigenvalue weighted by atomic mass is 79.9. The van der Waals surface area contributed by atoms with Gasteiger partial charge in [-0.05, 0) is 18.8 Å². The Balaban J connectivity index is 0.000000605. The van der Waals surface area contributed by atoms with Gasteiger partial charge in [0.2, 0.25) is 0 Å². The summed E-state index contributed by atoms with van der Waals surface area (Å²) in [5.74, 6) is 1.68. The lowest BCUT2D eigenvalue weighted by Crippen LogP contribution is -2.35. The molecule has 1 aliphatic carbocycles. The molecule has 0 amide bonds. The Labute approximate surface area is 77.4 Å². The highest BCUT2D eigenvalue weighted by Gasteiger charge is 2.26. The summed E-state index contributed by atoms with van der Waals surface area (Å²) in [5.41, 5.74) is 5.63. The van der Waals surface area contributed by atoms with Gasteiger partial charge in [-0.1, -0.05) is 0 Å². The van der Waals surface area contributed by atoms with Crippen molar-refractivity contribution in [1.29, 1.82) is 0 Å². The number of nitrogens with zero attached hydrogens (tertiary/aromatic N) is 2. The second-order valence-electron chi connectivity index (χ2n) is 3.13. The first-order valence-corrected chi connectivity index (χ1v) is 3.91. The molecule has 2 aliphatic rings. The zero-order valence-corrected chi connectivity index (χ0v) is 8.21. The third-order valence-corrected chi connectivity index (χ3v) is 2.14. The van der Waals surface area contributed by atoms with Crippen molar-refractivity contribution in [2.45, 2.75) is 12.8 Å². The van der Waals surface area contributed by atoms with Gasteiger partial charge in [0.15, 0.2) is 5.96 Å². The minimum absolute atomic E-state index is 0. The molecule has 4 heteroatoms. The van der Waals surface area contributed by atoms with E-state index in [2.05, 4.69) is 9.89 Å². The second-order valence-corrected chi connectivity index (χ2v) is 3.13. The first kappa shape index (κ1) is 8.84. The van der Waals surface area contributed by atoms with E-state index in [9.17, 15) is 0 Å². The molecule has 0 saturated heterocycles. The van der Waals surface area contributed by atoms with Crippen LogP contribution in [-0.2, 0) is 0 Å². The van der Waals surface area contributed by atoms with Crippen molar-refractivity contribution >= 4 is 22.9 Å². The van der Waals surface area contributed by atoms with Gasteiger partial charge in [0, 0.05) is 13.1 Å². The van der Waals surface area contributed by atoms with E-state index in [1.54, 1.807) is 0 Å². The molecular weight excluding hydrogens is 206 g/mol. The summed E-state index contributed by atoms with van der Waals surface area (Å²) in [6.07, 6.45) is 2.79. The first-order chi connectivity index (χ1) is 4.86. The van der Waals surface area contributed by atoms with E-state index in [4.69, 9.17) is 5.73 Å². The SMILES string of the molecule is Br.NC1=NCCN1CC1CC1. The third kappa shape index (κ3) is 2.09. The summed E-state index contributed by atoms with van der Waals surface area (Å²) in [7, 11) is 0. The molecule has 1 aliphatic heterocycles. The maximum Gasteiger partial charge on any atom is 0.191 e. The van der Waals surface area contributed by atoms with Crippen LogP contribution in [0.5, 0.6) is 0 Å². The third-order valence-electron chi connectivity index (χ3n) is 2.14. The first-order valence-electron chi connectivity index (χ1n) is 3.91. The maximum atomic E-state index is 5.63. The van der Waals surface area contributed by atoms with Crippen LogP contribution in [0.4, 0.5) is 0 Å². The minimum atomic E-state index is 0. The Morgan fingerprint density at radius 3 is 2.73 bits per heavy atom. The summed E-state index contributed by atoms with van der Waals surface area (Å²) in [4.78, 5) is 6.31. The number of halogens is 1. The average Bonchev–Trinajstić information content (AvgIpc) is 2.62. The van der Waals surface area contributed by atoms with Crippen molar-refractivity contribution in [3.63, 3.8) is 0 Å². The van der Waals surface area contributed by atoms with Crippen molar-refractivity contribution in [2.24, 2.45) is 16.6 Å². The van der Waals surface area contributed by atoms with Crippen LogP contribution in [0.25, 0.3) is 0 Å². The molecule has 1 fully saturated rings. The number of aliphatic imine (C=N–C) groups is 1. The van der Waals surface area contributed by atoms with Crippen LogP contribution >= 0.6 is 17.0 Å². The molecule has 2 rings (SSSR count). The molecule has 3 nitrogen and oxygen atoms in total. The zero-order chi connectivity index (χ0) is 6.97. The van der Waals surface area contributed by atoms with Crippen LogP contribution in [0.15, 0.2) is 4.99 Å². The van der Waals surface area contributed by atoms with Gasteiger partial charge in [-0.15, -0.1) is 17.0 Å². The molecule has 0 unspecified atom stereocenters. The highest BCUT2D eigenvalue weighted by molar-refractivity contribution is 8.93. The van der Waals surface area contributed by atoms with Gasteiger partial charge in [0.05, 0.1) is 6.54 Å². The molecule has 0 aromatic carbocycles. The van der Waals surface area contributed by atoms with Crippen molar-refractivity contribution < 1.29 is 0 Å². The van der Waals surface area contributed by atoms with E-state index in [0.717, 1.165) is 31.5 Å². The Kier molecular flexibility index (Phi) is 2.76. The normalized spacial score (nSPS) is 22.9. The molecule has 1 heterocycles. The van der Waals surface area contributed by atoms with Gasteiger partial charge < -0.3 is 10.6 Å². The van der Waals surface area contributed by atoms with Crippen molar-refractivity contribution in [3.05, 3.63) is 0 Å². The van der Waals surface area contributed by atoms with Crippen molar-refractivity contribution in [2.75, 3.05) is 19.6 Å². The molecule has 0 atom stereocenters. The van der Waals surface area contributed by atoms with Gasteiger partial charge in [0.1, 0.15) is 0 Å². The summed E-state index contributed by atoms with van der Waals surface area (Å²) in [5, 5.41) is 0. The van der Waals surface area contributed by atoms with Crippen LogP contribution in [0.1, 0.15) is 12.8 Å². The fourth-order valence-electron chi connectivity index (χ4n) is 1.30. The predicted molar refractivity (Wildman–Crippen MR) is 51.1 cm³/mol. The fraction of sp³-hybridized carbons (Fsp3) is 0.857. The zero-order valence-electron chi connectivity index (χ0n) is 6.49. The molecule has 0 radical (unpaired) electrons. The molecule has 0 aromatic rings. The summed E-state index contributed by atoms with van der Waals surface area (Å²) < 4.78 is 0. The minimum Gasteiger partial charge on any atom is -0.370 e. The topological polar surface area (TPSA) is 41.6 Å². The van der Waals surface area contributed by atoms with Crippen LogP contribution < -0.4 is 5.73 Å². The van der Waals surface area contributed by atoms with Gasteiger partial charge in [-0.25, -0.2) is 0 Å². The monoisotopic (exact) mass is 219 g/mol. The van der Waals surface area contributed by atoms with Crippen LogP contribution in [-0.4, -0.2) is 30.5 Å². The predicted octanol–water partition coefficient (Wildman–Crippen LogP) is 0.605. The van der Waals surface area contributed by atoms with E-state index in [0.29, 0.717) is 0 Å². The number of rotatable bonds is 2. The Bertz CT molecular complexity index is 165. The standard InChI is InChI=1S/C7H13N3.BrH/c8-7-9-3-4-10(7)5-6-1-2-6;/h6H,1-5H2,(H2,8,9);1H. The summed E-state index contributed by atoms with van der Waals surface area (Å²) in [6.45, 7) is 3.09. The average molecular weight is 220 g/mol. The second kappa shape index (κ2) is 3.43. The quantitative estimate of drug-likeness (QED) is 0.740. The fourth-order valence-corrected chi connectivity index (χ4v) is 1.30.